The molecular weight excluding hydrogens is 222 g/mol. The molecule has 0 atom stereocenters. The van der Waals surface area contributed by atoms with Crippen molar-refractivity contribution in [1.29, 1.82) is 0 Å². The third-order valence-electron chi connectivity index (χ3n) is 2.66. The molecule has 0 aromatic carbocycles. The SMILES string of the molecule is O=C(O)c1cccnc1NC(=O)N1CCCC1. The number of pyridine rings is 1. The molecule has 6 heteroatoms. The molecule has 0 spiro atoms. The summed E-state index contributed by atoms with van der Waals surface area (Å²) >= 11 is 0. The molecule has 1 aromatic heterocycles. The smallest absolute Gasteiger partial charge is 0.339 e. The molecule has 2 amide bonds. The molecule has 0 aliphatic carbocycles. The van der Waals surface area contributed by atoms with E-state index < -0.39 is 5.97 Å². The molecule has 0 bridgehead atoms. The fourth-order valence-electron chi connectivity index (χ4n) is 1.78. The van der Waals surface area contributed by atoms with Gasteiger partial charge in [0.2, 0.25) is 0 Å². The number of nitrogens with zero attached hydrogens (tertiary/aromatic N) is 2. The molecule has 1 aromatic rings. The van der Waals surface area contributed by atoms with Crippen molar-refractivity contribution in [2.75, 3.05) is 18.4 Å². The molecule has 6 nitrogen and oxygen atoms in total. The summed E-state index contributed by atoms with van der Waals surface area (Å²) in [5, 5.41) is 11.5. The predicted octanol–water partition coefficient (Wildman–Crippen LogP) is 1.41. The molecular formula is C11H13N3O3. The summed E-state index contributed by atoms with van der Waals surface area (Å²) in [6.07, 6.45) is 3.43. The quantitative estimate of drug-likeness (QED) is 0.811. The summed E-state index contributed by atoms with van der Waals surface area (Å²) < 4.78 is 0. The Morgan fingerprint density at radius 1 is 1.35 bits per heavy atom. The highest BCUT2D eigenvalue weighted by Crippen LogP contribution is 2.14. The van der Waals surface area contributed by atoms with Gasteiger partial charge >= 0.3 is 12.0 Å². The van der Waals surface area contributed by atoms with E-state index in [-0.39, 0.29) is 17.4 Å². The van der Waals surface area contributed by atoms with Gasteiger partial charge in [0.15, 0.2) is 0 Å². The van der Waals surface area contributed by atoms with Crippen molar-refractivity contribution >= 4 is 17.8 Å². The van der Waals surface area contributed by atoms with Crippen LogP contribution in [-0.2, 0) is 0 Å². The number of hydrogen-bond donors (Lipinski definition) is 2. The number of urea groups is 1. The van der Waals surface area contributed by atoms with Crippen LogP contribution in [0.15, 0.2) is 18.3 Å². The molecule has 2 N–H and O–H groups in total. The number of anilines is 1. The minimum atomic E-state index is -1.10. The van der Waals surface area contributed by atoms with Crippen LogP contribution in [0.1, 0.15) is 23.2 Å². The number of aromatic nitrogens is 1. The van der Waals surface area contributed by atoms with E-state index in [2.05, 4.69) is 10.3 Å². The maximum Gasteiger partial charge on any atom is 0.339 e. The van der Waals surface area contributed by atoms with Gasteiger partial charge < -0.3 is 10.0 Å². The summed E-state index contributed by atoms with van der Waals surface area (Å²) in [7, 11) is 0. The second-order valence-electron chi connectivity index (χ2n) is 3.83. The van der Waals surface area contributed by atoms with Gasteiger partial charge in [0.1, 0.15) is 11.4 Å². The molecule has 1 aliphatic rings. The number of aromatic carboxylic acids is 1. The Labute approximate surface area is 98.3 Å². The van der Waals surface area contributed by atoms with Crippen LogP contribution in [0.3, 0.4) is 0 Å². The number of amides is 2. The van der Waals surface area contributed by atoms with Crippen molar-refractivity contribution < 1.29 is 14.7 Å². The van der Waals surface area contributed by atoms with Gasteiger partial charge in [0.25, 0.3) is 0 Å². The van der Waals surface area contributed by atoms with E-state index in [4.69, 9.17) is 5.11 Å². The molecule has 0 saturated carbocycles. The van der Waals surface area contributed by atoms with Crippen LogP contribution in [0, 0.1) is 0 Å². The Hall–Kier alpha value is -2.11. The van der Waals surface area contributed by atoms with E-state index in [9.17, 15) is 9.59 Å². The lowest BCUT2D eigenvalue weighted by Gasteiger charge is -2.16. The average Bonchev–Trinajstić information content (AvgIpc) is 2.83. The zero-order chi connectivity index (χ0) is 12.3. The number of likely N-dealkylation sites (tertiary alicyclic amines) is 1. The van der Waals surface area contributed by atoms with Crippen LogP contribution >= 0.6 is 0 Å². The van der Waals surface area contributed by atoms with Crippen molar-refractivity contribution in [3.63, 3.8) is 0 Å². The molecule has 1 fully saturated rings. The Balaban J connectivity index is 2.12. The Kier molecular flexibility index (Phi) is 3.22. The number of hydrogen-bond acceptors (Lipinski definition) is 3. The maximum absolute atomic E-state index is 11.8. The number of nitrogens with one attached hydrogen (secondary N) is 1. The zero-order valence-electron chi connectivity index (χ0n) is 9.22. The normalized spacial score (nSPS) is 14.7. The second-order valence-corrected chi connectivity index (χ2v) is 3.83. The van der Waals surface area contributed by atoms with Gasteiger partial charge in [-0.3, -0.25) is 5.32 Å². The molecule has 2 heterocycles. The van der Waals surface area contributed by atoms with Crippen molar-refractivity contribution in [1.82, 2.24) is 9.88 Å². The van der Waals surface area contributed by atoms with Crippen LogP contribution in [0.25, 0.3) is 0 Å². The van der Waals surface area contributed by atoms with Crippen molar-refractivity contribution in [2.24, 2.45) is 0 Å². The van der Waals surface area contributed by atoms with Crippen molar-refractivity contribution in [3.8, 4) is 0 Å². The zero-order valence-corrected chi connectivity index (χ0v) is 9.22. The third-order valence-corrected chi connectivity index (χ3v) is 2.66. The third kappa shape index (κ3) is 2.52. The first-order chi connectivity index (χ1) is 8.18. The molecule has 17 heavy (non-hydrogen) atoms. The number of carbonyl (C=O) groups excluding carboxylic acids is 1. The molecule has 1 saturated heterocycles. The fourth-order valence-corrected chi connectivity index (χ4v) is 1.78. The lowest BCUT2D eigenvalue weighted by Crippen LogP contribution is -2.33. The lowest BCUT2D eigenvalue weighted by atomic mass is 10.2. The van der Waals surface area contributed by atoms with E-state index in [1.807, 2.05) is 0 Å². The van der Waals surface area contributed by atoms with E-state index in [1.165, 1.54) is 18.3 Å². The van der Waals surface area contributed by atoms with Crippen LogP contribution in [0.4, 0.5) is 10.6 Å². The van der Waals surface area contributed by atoms with E-state index in [1.54, 1.807) is 4.90 Å². The fraction of sp³-hybridized carbons (Fsp3) is 0.364. The van der Waals surface area contributed by atoms with E-state index in [0.29, 0.717) is 13.1 Å². The summed E-state index contributed by atoms with van der Waals surface area (Å²) in [4.78, 5) is 28.2. The predicted molar refractivity (Wildman–Crippen MR) is 61.0 cm³/mol. The van der Waals surface area contributed by atoms with E-state index >= 15 is 0 Å². The molecule has 1 aliphatic heterocycles. The van der Waals surface area contributed by atoms with Crippen LogP contribution in [0.2, 0.25) is 0 Å². The first-order valence-corrected chi connectivity index (χ1v) is 5.43. The minimum absolute atomic E-state index is 0.0000435. The first-order valence-electron chi connectivity index (χ1n) is 5.43. The number of carbonyl (C=O) groups is 2. The van der Waals surface area contributed by atoms with Crippen LogP contribution in [-0.4, -0.2) is 40.1 Å². The van der Waals surface area contributed by atoms with E-state index in [0.717, 1.165) is 12.8 Å². The highest BCUT2D eigenvalue weighted by Gasteiger charge is 2.20. The molecule has 90 valence electrons. The second kappa shape index (κ2) is 4.82. The van der Waals surface area contributed by atoms with Crippen molar-refractivity contribution in [2.45, 2.75) is 12.8 Å². The average molecular weight is 235 g/mol. The van der Waals surface area contributed by atoms with Crippen LogP contribution in [0.5, 0.6) is 0 Å². The standard InChI is InChI=1S/C11H13N3O3/c15-10(16)8-4-3-5-12-9(8)13-11(17)14-6-1-2-7-14/h3-5H,1-2,6-7H2,(H,15,16)(H,12,13,17). The maximum atomic E-state index is 11.8. The van der Waals surface area contributed by atoms with Crippen LogP contribution < -0.4 is 5.32 Å². The summed E-state index contributed by atoms with van der Waals surface area (Å²) in [6, 6.07) is 2.65. The van der Waals surface area contributed by atoms with Gasteiger partial charge in [-0.15, -0.1) is 0 Å². The first kappa shape index (κ1) is 11.4. The van der Waals surface area contributed by atoms with Gasteiger partial charge in [-0.25, -0.2) is 14.6 Å². The molecule has 2 rings (SSSR count). The molecule has 0 radical (unpaired) electrons. The Bertz CT molecular complexity index is 441. The highest BCUT2D eigenvalue weighted by atomic mass is 16.4. The Morgan fingerprint density at radius 3 is 2.71 bits per heavy atom. The van der Waals surface area contributed by atoms with Gasteiger partial charge in [-0.2, -0.15) is 0 Å². The number of rotatable bonds is 2. The lowest BCUT2D eigenvalue weighted by molar-refractivity contribution is 0.0697. The summed E-state index contributed by atoms with van der Waals surface area (Å²) in [5.74, 6) is -1.01. The summed E-state index contributed by atoms with van der Waals surface area (Å²) in [6.45, 7) is 1.42. The Morgan fingerprint density at radius 2 is 2.06 bits per heavy atom. The highest BCUT2D eigenvalue weighted by molar-refractivity contribution is 5.98. The van der Waals surface area contributed by atoms with Gasteiger partial charge in [-0.05, 0) is 25.0 Å². The summed E-state index contributed by atoms with van der Waals surface area (Å²) in [5.41, 5.74) is 0.0000435. The minimum Gasteiger partial charge on any atom is -0.478 e. The largest absolute Gasteiger partial charge is 0.478 e. The number of carboxylic acids is 1. The monoisotopic (exact) mass is 235 g/mol. The van der Waals surface area contributed by atoms with Crippen molar-refractivity contribution in [3.05, 3.63) is 23.9 Å². The topological polar surface area (TPSA) is 82.5 Å². The number of carboxylic acid groups (broad SMARTS) is 1. The van der Waals surface area contributed by atoms with Gasteiger partial charge in [-0.1, -0.05) is 0 Å². The van der Waals surface area contributed by atoms with Gasteiger partial charge in [0, 0.05) is 19.3 Å². The molecule has 0 unspecified atom stereocenters. The van der Waals surface area contributed by atoms with Gasteiger partial charge in [0.05, 0.1) is 0 Å².